The van der Waals surface area contributed by atoms with Crippen LogP contribution in [0.25, 0.3) is 0 Å². The highest BCUT2D eigenvalue weighted by Gasteiger charge is 2.38. The Hall–Kier alpha value is -3.17. The molecular formula is C25H30N4O4S. The van der Waals surface area contributed by atoms with Crippen LogP contribution < -0.4 is 5.32 Å². The van der Waals surface area contributed by atoms with Crippen LogP contribution in [0.1, 0.15) is 35.8 Å². The quantitative estimate of drug-likeness (QED) is 0.614. The van der Waals surface area contributed by atoms with E-state index in [0.29, 0.717) is 56.1 Å². The minimum Gasteiger partial charge on any atom is -0.463 e. The number of nitrogens with zero attached hydrogens (tertiary/aromatic N) is 3. The SMILES string of the molecule is CCOC(=O)C1=C(CN2CCN(C(=O)c3ccccc3)CC2)N(CC)C(=O)N[C@H]1c1ccsc1. The highest BCUT2D eigenvalue weighted by molar-refractivity contribution is 7.08. The Balaban J connectivity index is 1.56. The topological polar surface area (TPSA) is 82.2 Å². The molecular weight excluding hydrogens is 452 g/mol. The fourth-order valence-electron chi connectivity index (χ4n) is 4.43. The zero-order valence-corrected chi connectivity index (χ0v) is 20.3. The van der Waals surface area contributed by atoms with Gasteiger partial charge in [-0.15, -0.1) is 0 Å². The summed E-state index contributed by atoms with van der Waals surface area (Å²) in [6.07, 6.45) is 0. The molecule has 34 heavy (non-hydrogen) atoms. The summed E-state index contributed by atoms with van der Waals surface area (Å²) in [4.78, 5) is 44.5. The summed E-state index contributed by atoms with van der Waals surface area (Å²) in [6, 6.07) is 10.4. The monoisotopic (exact) mass is 482 g/mol. The van der Waals surface area contributed by atoms with Gasteiger partial charge in [-0.3, -0.25) is 14.6 Å². The number of nitrogens with one attached hydrogen (secondary N) is 1. The number of benzene rings is 1. The standard InChI is InChI=1S/C25H30N4O4S/c1-3-29-20(16-27-11-13-28(14-12-27)23(30)18-8-6-5-7-9-18)21(24(31)33-4-2)22(26-25(29)32)19-10-15-34-17-19/h5-10,15,17,22H,3-4,11-14,16H2,1-2H3,(H,26,32)/t22-/m0/s1. The van der Waals surface area contributed by atoms with E-state index in [2.05, 4.69) is 10.2 Å². The van der Waals surface area contributed by atoms with Crippen molar-refractivity contribution >= 4 is 29.2 Å². The predicted octanol–water partition coefficient (Wildman–Crippen LogP) is 3.11. The minimum atomic E-state index is -0.545. The maximum atomic E-state index is 13.1. The van der Waals surface area contributed by atoms with Crippen LogP contribution in [-0.4, -0.2) is 78.5 Å². The average Bonchev–Trinajstić information content (AvgIpc) is 3.39. The molecule has 2 aromatic rings. The fraction of sp³-hybridized carbons (Fsp3) is 0.400. The number of hydrogen-bond donors (Lipinski definition) is 1. The number of likely N-dealkylation sites (N-methyl/N-ethyl adjacent to an activating group) is 1. The van der Waals surface area contributed by atoms with Gasteiger partial charge in [-0.1, -0.05) is 18.2 Å². The maximum absolute atomic E-state index is 13.1. The molecule has 0 aliphatic carbocycles. The highest BCUT2D eigenvalue weighted by atomic mass is 32.1. The van der Waals surface area contributed by atoms with Crippen LogP contribution in [0.2, 0.25) is 0 Å². The van der Waals surface area contributed by atoms with E-state index in [9.17, 15) is 14.4 Å². The van der Waals surface area contributed by atoms with Crippen LogP contribution in [-0.2, 0) is 9.53 Å². The van der Waals surface area contributed by atoms with Gasteiger partial charge in [0.25, 0.3) is 5.91 Å². The smallest absolute Gasteiger partial charge is 0.338 e. The Morgan fingerprint density at radius 1 is 1.09 bits per heavy atom. The Labute approximate surface area is 203 Å². The number of amides is 3. The molecule has 0 spiro atoms. The Morgan fingerprint density at radius 3 is 2.44 bits per heavy atom. The number of esters is 1. The minimum absolute atomic E-state index is 0.0245. The zero-order valence-electron chi connectivity index (χ0n) is 19.5. The highest BCUT2D eigenvalue weighted by Crippen LogP contribution is 2.33. The molecule has 9 heteroatoms. The van der Waals surface area contributed by atoms with Crippen molar-refractivity contribution in [3.8, 4) is 0 Å². The van der Waals surface area contributed by atoms with Crippen molar-refractivity contribution in [3.05, 3.63) is 69.6 Å². The maximum Gasteiger partial charge on any atom is 0.338 e. The van der Waals surface area contributed by atoms with Crippen molar-refractivity contribution in [2.24, 2.45) is 0 Å². The molecule has 1 aromatic carbocycles. The number of ether oxygens (including phenoxy) is 1. The third kappa shape index (κ3) is 5.00. The van der Waals surface area contributed by atoms with E-state index in [-0.39, 0.29) is 18.5 Å². The fourth-order valence-corrected chi connectivity index (χ4v) is 5.12. The van der Waals surface area contributed by atoms with Gasteiger partial charge < -0.3 is 15.0 Å². The molecule has 2 aliphatic heterocycles. The molecule has 0 unspecified atom stereocenters. The van der Waals surface area contributed by atoms with Gasteiger partial charge in [0, 0.05) is 50.5 Å². The molecule has 3 heterocycles. The van der Waals surface area contributed by atoms with E-state index in [0.717, 1.165) is 5.56 Å². The third-order valence-electron chi connectivity index (χ3n) is 6.18. The van der Waals surface area contributed by atoms with Gasteiger partial charge in [0.15, 0.2) is 0 Å². The van der Waals surface area contributed by atoms with Crippen LogP contribution >= 0.6 is 11.3 Å². The van der Waals surface area contributed by atoms with Gasteiger partial charge in [0.1, 0.15) is 0 Å². The third-order valence-corrected chi connectivity index (χ3v) is 6.88. The lowest BCUT2D eigenvalue weighted by Gasteiger charge is -2.40. The number of rotatable bonds is 7. The molecule has 180 valence electrons. The first-order valence-electron chi connectivity index (χ1n) is 11.6. The lowest BCUT2D eigenvalue weighted by atomic mass is 9.96. The molecule has 8 nitrogen and oxygen atoms in total. The normalized spacial score (nSPS) is 19.2. The van der Waals surface area contributed by atoms with E-state index in [1.807, 2.05) is 59.0 Å². The summed E-state index contributed by atoms with van der Waals surface area (Å²) < 4.78 is 5.41. The summed E-state index contributed by atoms with van der Waals surface area (Å²) in [5, 5.41) is 6.85. The van der Waals surface area contributed by atoms with Gasteiger partial charge in [-0.2, -0.15) is 11.3 Å². The summed E-state index contributed by atoms with van der Waals surface area (Å²) in [5.74, 6) is -0.388. The number of carbonyl (C=O) groups is 3. The Bertz CT molecular complexity index is 1050. The van der Waals surface area contributed by atoms with Gasteiger partial charge in [0.2, 0.25) is 0 Å². The van der Waals surface area contributed by atoms with Crippen LogP contribution in [0.5, 0.6) is 0 Å². The first kappa shape index (κ1) is 24.0. The lowest BCUT2D eigenvalue weighted by Crippen LogP contribution is -2.53. The van der Waals surface area contributed by atoms with Crippen LogP contribution in [0.3, 0.4) is 0 Å². The second kappa shape index (κ2) is 10.8. The van der Waals surface area contributed by atoms with Crippen LogP contribution in [0, 0.1) is 0 Å². The summed E-state index contributed by atoms with van der Waals surface area (Å²) >= 11 is 1.52. The predicted molar refractivity (Wildman–Crippen MR) is 130 cm³/mol. The number of piperazine rings is 1. The van der Waals surface area contributed by atoms with Gasteiger partial charge >= 0.3 is 12.0 Å². The Morgan fingerprint density at radius 2 is 1.82 bits per heavy atom. The number of urea groups is 1. The van der Waals surface area contributed by atoms with Crippen molar-refractivity contribution in [1.29, 1.82) is 0 Å². The molecule has 0 radical (unpaired) electrons. The molecule has 1 N–H and O–H groups in total. The number of thiophene rings is 1. The summed E-state index contributed by atoms with van der Waals surface area (Å²) in [6.45, 7) is 7.27. The first-order chi connectivity index (χ1) is 16.5. The molecule has 3 amide bonds. The van der Waals surface area contributed by atoms with Crippen LogP contribution in [0.4, 0.5) is 4.79 Å². The van der Waals surface area contributed by atoms with Crippen molar-refractivity contribution < 1.29 is 19.1 Å². The summed E-state index contributed by atoms with van der Waals surface area (Å²) in [7, 11) is 0. The molecule has 0 bridgehead atoms. The molecule has 1 atom stereocenters. The molecule has 1 aromatic heterocycles. The second-order valence-electron chi connectivity index (χ2n) is 8.20. The van der Waals surface area contributed by atoms with E-state index >= 15 is 0 Å². The van der Waals surface area contributed by atoms with E-state index in [1.165, 1.54) is 11.3 Å². The zero-order chi connectivity index (χ0) is 24.1. The van der Waals surface area contributed by atoms with Crippen molar-refractivity contribution in [2.45, 2.75) is 19.9 Å². The number of carbonyl (C=O) groups excluding carboxylic acids is 3. The van der Waals surface area contributed by atoms with E-state index in [4.69, 9.17) is 4.74 Å². The van der Waals surface area contributed by atoms with E-state index in [1.54, 1.807) is 11.8 Å². The molecule has 2 aliphatic rings. The van der Waals surface area contributed by atoms with Gasteiger partial charge in [-0.05, 0) is 48.4 Å². The van der Waals surface area contributed by atoms with Gasteiger partial charge in [0.05, 0.1) is 18.2 Å². The van der Waals surface area contributed by atoms with Crippen molar-refractivity contribution in [2.75, 3.05) is 45.9 Å². The Kier molecular flexibility index (Phi) is 7.64. The first-order valence-corrected chi connectivity index (χ1v) is 12.5. The van der Waals surface area contributed by atoms with E-state index < -0.39 is 12.0 Å². The van der Waals surface area contributed by atoms with Crippen molar-refractivity contribution in [1.82, 2.24) is 20.0 Å². The largest absolute Gasteiger partial charge is 0.463 e. The average molecular weight is 483 g/mol. The molecule has 1 saturated heterocycles. The lowest BCUT2D eigenvalue weighted by molar-refractivity contribution is -0.139. The van der Waals surface area contributed by atoms with Crippen LogP contribution in [0.15, 0.2) is 58.4 Å². The molecule has 4 rings (SSSR count). The van der Waals surface area contributed by atoms with Gasteiger partial charge in [-0.25, -0.2) is 9.59 Å². The molecule has 0 saturated carbocycles. The molecule has 1 fully saturated rings. The van der Waals surface area contributed by atoms with Crippen molar-refractivity contribution in [3.63, 3.8) is 0 Å². The second-order valence-corrected chi connectivity index (χ2v) is 8.98. The summed E-state index contributed by atoms with van der Waals surface area (Å²) in [5.41, 5.74) is 2.70. The number of hydrogen-bond acceptors (Lipinski definition) is 6.